The van der Waals surface area contributed by atoms with Crippen molar-refractivity contribution in [2.45, 2.75) is 29.8 Å². The summed E-state index contributed by atoms with van der Waals surface area (Å²) in [5.41, 5.74) is 1.97. The normalized spacial score (nSPS) is 17.3. The minimum absolute atomic E-state index is 0.108. The van der Waals surface area contributed by atoms with E-state index in [0.717, 1.165) is 23.4 Å². The van der Waals surface area contributed by atoms with Crippen LogP contribution in [0.25, 0.3) is 0 Å². The van der Waals surface area contributed by atoms with Crippen molar-refractivity contribution in [1.29, 1.82) is 0 Å². The van der Waals surface area contributed by atoms with Gasteiger partial charge in [0, 0.05) is 47.2 Å². The molecule has 1 fully saturated rings. The molecule has 0 unspecified atom stereocenters. The largest absolute Gasteiger partial charge is 0.494 e. The molecular formula is C27H25Cl2FN2O6S. The van der Waals surface area contributed by atoms with Gasteiger partial charge in [0.2, 0.25) is 0 Å². The van der Waals surface area contributed by atoms with Crippen LogP contribution in [0.2, 0.25) is 10.0 Å². The number of fused-ring (bicyclic) bond motifs is 1. The molecule has 3 aromatic carbocycles. The summed E-state index contributed by atoms with van der Waals surface area (Å²) in [6.07, 6.45) is -0.759. The second-order valence-corrected chi connectivity index (χ2v) is 12.1. The van der Waals surface area contributed by atoms with Gasteiger partial charge in [-0.25, -0.2) is 12.8 Å². The van der Waals surface area contributed by atoms with Crippen LogP contribution in [-0.4, -0.2) is 52.3 Å². The van der Waals surface area contributed by atoms with Gasteiger partial charge in [0.05, 0.1) is 24.2 Å². The summed E-state index contributed by atoms with van der Waals surface area (Å²) < 4.78 is 53.9. The number of rotatable bonds is 8. The molecule has 1 N–H and O–H groups in total. The lowest BCUT2D eigenvalue weighted by atomic mass is 9.90. The maximum absolute atomic E-state index is 14.0. The van der Waals surface area contributed by atoms with E-state index in [1.54, 1.807) is 30.3 Å². The summed E-state index contributed by atoms with van der Waals surface area (Å²) >= 11 is 12.8. The standard InChI is InChI=1S/C27H25Cl2FN2O6S/c1-37-25-12-19(7-8-22(25)30)39(35,36)32-15-18(6-10-26(33)34)38-24-9-5-17(11-23(24)32)31-13-16(14-31)27-20(28)3-2-4-21(27)29/h2-5,7-9,11-12,16,18H,6,10,13-15H2,1H3,(H,33,34)/t18-/m0/s1. The lowest BCUT2D eigenvalue weighted by Crippen LogP contribution is -2.46. The molecule has 0 bridgehead atoms. The molecule has 206 valence electrons. The molecule has 0 aliphatic carbocycles. The summed E-state index contributed by atoms with van der Waals surface area (Å²) in [5.74, 6) is -1.48. The van der Waals surface area contributed by atoms with E-state index < -0.39 is 27.9 Å². The number of hydrogen-bond acceptors (Lipinski definition) is 6. The Morgan fingerprint density at radius 3 is 2.49 bits per heavy atom. The van der Waals surface area contributed by atoms with Crippen molar-refractivity contribution in [1.82, 2.24) is 0 Å². The minimum atomic E-state index is -4.19. The van der Waals surface area contributed by atoms with Crippen LogP contribution in [0.1, 0.15) is 24.3 Å². The molecule has 0 saturated carbocycles. The SMILES string of the molecule is COc1cc(S(=O)(=O)N2C[C@H](CCC(=O)O)Oc3ccc(N4CC(c5c(Cl)cccc5Cl)C4)cc32)ccc1F. The van der Waals surface area contributed by atoms with Crippen LogP contribution in [0.4, 0.5) is 15.8 Å². The minimum Gasteiger partial charge on any atom is -0.494 e. The molecular weight excluding hydrogens is 570 g/mol. The number of benzene rings is 3. The summed E-state index contributed by atoms with van der Waals surface area (Å²) in [6.45, 7) is 1.15. The molecule has 2 aliphatic heterocycles. The highest BCUT2D eigenvalue weighted by Gasteiger charge is 2.37. The van der Waals surface area contributed by atoms with Gasteiger partial charge in [0.15, 0.2) is 11.6 Å². The summed E-state index contributed by atoms with van der Waals surface area (Å²) in [6, 6.07) is 14.0. The van der Waals surface area contributed by atoms with Crippen molar-refractivity contribution in [2.75, 3.05) is 35.9 Å². The highest BCUT2D eigenvalue weighted by molar-refractivity contribution is 7.92. The van der Waals surface area contributed by atoms with Crippen LogP contribution in [-0.2, 0) is 14.8 Å². The zero-order chi connectivity index (χ0) is 27.9. The Morgan fingerprint density at radius 1 is 1.10 bits per heavy atom. The van der Waals surface area contributed by atoms with E-state index in [1.807, 2.05) is 6.07 Å². The Balaban J connectivity index is 1.47. The first-order valence-electron chi connectivity index (χ1n) is 12.2. The zero-order valence-corrected chi connectivity index (χ0v) is 23.1. The lowest BCUT2D eigenvalue weighted by molar-refractivity contribution is -0.137. The lowest BCUT2D eigenvalue weighted by Gasteiger charge is -2.43. The highest BCUT2D eigenvalue weighted by atomic mass is 35.5. The van der Waals surface area contributed by atoms with Crippen LogP contribution >= 0.6 is 23.2 Å². The van der Waals surface area contributed by atoms with Gasteiger partial charge >= 0.3 is 5.97 Å². The summed E-state index contributed by atoms with van der Waals surface area (Å²) in [7, 11) is -2.93. The molecule has 0 spiro atoms. The number of anilines is 2. The van der Waals surface area contributed by atoms with Gasteiger partial charge in [-0.3, -0.25) is 9.10 Å². The Labute approximate surface area is 235 Å². The van der Waals surface area contributed by atoms with E-state index in [2.05, 4.69) is 4.90 Å². The van der Waals surface area contributed by atoms with E-state index in [4.69, 9.17) is 37.8 Å². The molecule has 0 aromatic heterocycles. The summed E-state index contributed by atoms with van der Waals surface area (Å²) in [4.78, 5) is 13.1. The summed E-state index contributed by atoms with van der Waals surface area (Å²) in [5, 5.41) is 10.3. The molecule has 2 aliphatic rings. The Kier molecular flexibility index (Phi) is 7.54. The molecule has 3 aromatic rings. The number of carboxylic acids is 1. The maximum Gasteiger partial charge on any atom is 0.303 e. The molecule has 0 radical (unpaired) electrons. The molecule has 39 heavy (non-hydrogen) atoms. The number of ether oxygens (including phenoxy) is 2. The fraction of sp³-hybridized carbons (Fsp3) is 0.296. The molecule has 1 saturated heterocycles. The van der Waals surface area contributed by atoms with Gasteiger partial charge in [0.25, 0.3) is 10.0 Å². The van der Waals surface area contributed by atoms with Crippen LogP contribution in [0.15, 0.2) is 59.5 Å². The predicted octanol–water partition coefficient (Wildman–Crippen LogP) is 5.57. The van der Waals surface area contributed by atoms with Crippen molar-refractivity contribution in [3.63, 3.8) is 0 Å². The number of carbonyl (C=O) groups is 1. The maximum atomic E-state index is 14.0. The molecule has 2 heterocycles. The average Bonchev–Trinajstić information content (AvgIpc) is 2.87. The number of nitrogens with zero attached hydrogens (tertiary/aromatic N) is 2. The van der Waals surface area contributed by atoms with Gasteiger partial charge in [-0.2, -0.15) is 0 Å². The molecule has 8 nitrogen and oxygen atoms in total. The van der Waals surface area contributed by atoms with Crippen LogP contribution in [0, 0.1) is 5.82 Å². The smallest absolute Gasteiger partial charge is 0.303 e. The van der Waals surface area contributed by atoms with E-state index in [-0.39, 0.29) is 35.9 Å². The fourth-order valence-corrected chi connectivity index (χ4v) is 7.08. The quantitative estimate of drug-likeness (QED) is 0.364. The van der Waals surface area contributed by atoms with Crippen LogP contribution < -0.4 is 18.7 Å². The van der Waals surface area contributed by atoms with Gasteiger partial charge in [-0.05, 0) is 54.4 Å². The van der Waals surface area contributed by atoms with Gasteiger partial charge < -0.3 is 19.5 Å². The number of sulfonamides is 1. The van der Waals surface area contributed by atoms with E-state index in [1.165, 1.54) is 17.5 Å². The molecule has 1 atom stereocenters. The Morgan fingerprint density at radius 2 is 1.82 bits per heavy atom. The highest BCUT2D eigenvalue weighted by Crippen LogP contribution is 2.44. The van der Waals surface area contributed by atoms with Crippen LogP contribution in [0.5, 0.6) is 11.5 Å². The van der Waals surface area contributed by atoms with Gasteiger partial charge in [0.1, 0.15) is 11.9 Å². The van der Waals surface area contributed by atoms with Crippen molar-refractivity contribution in [2.24, 2.45) is 0 Å². The fourth-order valence-electron chi connectivity index (χ4n) is 4.86. The second-order valence-electron chi connectivity index (χ2n) is 9.39. The first-order valence-corrected chi connectivity index (χ1v) is 14.4. The average molecular weight is 595 g/mol. The molecule has 12 heteroatoms. The molecule has 0 amide bonds. The van der Waals surface area contributed by atoms with E-state index >= 15 is 0 Å². The number of methoxy groups -OCH3 is 1. The van der Waals surface area contributed by atoms with Crippen molar-refractivity contribution < 1.29 is 32.2 Å². The van der Waals surface area contributed by atoms with Gasteiger partial charge in [-0.15, -0.1) is 0 Å². The van der Waals surface area contributed by atoms with Crippen molar-refractivity contribution in [3.05, 3.63) is 76.0 Å². The van der Waals surface area contributed by atoms with Gasteiger partial charge in [-0.1, -0.05) is 29.3 Å². The number of hydrogen-bond donors (Lipinski definition) is 1. The third-order valence-corrected chi connectivity index (χ3v) is 9.35. The number of halogens is 3. The Bertz CT molecular complexity index is 1510. The van der Waals surface area contributed by atoms with E-state index in [9.17, 15) is 17.6 Å². The number of carboxylic acid groups (broad SMARTS) is 1. The topological polar surface area (TPSA) is 96.4 Å². The number of aliphatic carboxylic acids is 1. The molecule has 5 rings (SSSR count). The third-order valence-electron chi connectivity index (χ3n) is 6.92. The monoisotopic (exact) mass is 594 g/mol. The predicted molar refractivity (Wildman–Crippen MR) is 147 cm³/mol. The van der Waals surface area contributed by atoms with E-state index in [0.29, 0.717) is 34.6 Å². The second kappa shape index (κ2) is 10.7. The van der Waals surface area contributed by atoms with Crippen LogP contribution in [0.3, 0.4) is 0 Å². The Hall–Kier alpha value is -3.21. The van der Waals surface area contributed by atoms with Crippen molar-refractivity contribution in [3.8, 4) is 11.5 Å². The first kappa shape index (κ1) is 27.4. The van der Waals surface area contributed by atoms with Crippen molar-refractivity contribution >= 4 is 50.6 Å². The third kappa shape index (κ3) is 5.33. The zero-order valence-electron chi connectivity index (χ0n) is 20.8. The first-order chi connectivity index (χ1) is 18.6.